The van der Waals surface area contributed by atoms with Crippen molar-refractivity contribution in [3.05, 3.63) is 64.2 Å². The van der Waals surface area contributed by atoms with Crippen LogP contribution in [0.1, 0.15) is 31.1 Å². The number of likely N-dealkylation sites (tertiary alicyclic amines) is 1. The zero-order valence-corrected chi connectivity index (χ0v) is 13.9. The van der Waals surface area contributed by atoms with Crippen LogP contribution >= 0.6 is 0 Å². The van der Waals surface area contributed by atoms with Gasteiger partial charge in [0, 0.05) is 25.1 Å². The molecule has 0 saturated carbocycles. The number of rotatable bonds is 4. The minimum Gasteiger partial charge on any atom is -0.490 e. The molecule has 0 spiro atoms. The number of hydrogen-bond donors (Lipinski definition) is 0. The first kappa shape index (κ1) is 15.8. The standard InChI is InChI=1S/C19H23NO3/c1-19(2)13-20(11-16(19)14-7-5-4-6-8-14)10-15-9-17(21)18(22-3)12-23-15/h4-9,12,16H,10-11,13H2,1-3H3/t16-/m1/s1. The van der Waals surface area contributed by atoms with E-state index in [0.717, 1.165) is 13.1 Å². The highest BCUT2D eigenvalue weighted by molar-refractivity contribution is 5.24. The third kappa shape index (κ3) is 3.32. The van der Waals surface area contributed by atoms with Gasteiger partial charge < -0.3 is 9.15 Å². The van der Waals surface area contributed by atoms with E-state index >= 15 is 0 Å². The summed E-state index contributed by atoms with van der Waals surface area (Å²) >= 11 is 0. The maximum Gasteiger partial charge on any atom is 0.227 e. The van der Waals surface area contributed by atoms with Crippen LogP contribution in [0, 0.1) is 5.41 Å². The van der Waals surface area contributed by atoms with Crippen molar-refractivity contribution in [3.8, 4) is 5.75 Å². The smallest absolute Gasteiger partial charge is 0.227 e. The van der Waals surface area contributed by atoms with Gasteiger partial charge in [-0.1, -0.05) is 44.2 Å². The molecule has 0 radical (unpaired) electrons. The topological polar surface area (TPSA) is 42.7 Å². The van der Waals surface area contributed by atoms with Gasteiger partial charge in [0.2, 0.25) is 11.2 Å². The van der Waals surface area contributed by atoms with Crippen LogP contribution in [0.2, 0.25) is 0 Å². The summed E-state index contributed by atoms with van der Waals surface area (Å²) in [5.74, 6) is 1.41. The first-order chi connectivity index (χ1) is 11.0. The average molecular weight is 313 g/mol. The van der Waals surface area contributed by atoms with E-state index in [0.29, 0.717) is 18.2 Å². The van der Waals surface area contributed by atoms with Gasteiger partial charge in [0.05, 0.1) is 13.7 Å². The number of nitrogens with zero attached hydrogens (tertiary/aromatic N) is 1. The first-order valence-electron chi connectivity index (χ1n) is 7.92. The predicted octanol–water partition coefficient (Wildman–Crippen LogP) is 3.27. The molecule has 0 aliphatic carbocycles. The molecule has 23 heavy (non-hydrogen) atoms. The predicted molar refractivity (Wildman–Crippen MR) is 89.8 cm³/mol. The van der Waals surface area contributed by atoms with Crippen molar-refractivity contribution in [1.82, 2.24) is 4.90 Å². The molecular formula is C19H23NO3. The van der Waals surface area contributed by atoms with Crippen LogP contribution in [-0.2, 0) is 6.54 Å². The second-order valence-electron chi connectivity index (χ2n) is 6.90. The molecule has 3 rings (SSSR count). The molecule has 4 heteroatoms. The normalized spacial score (nSPS) is 20.6. The van der Waals surface area contributed by atoms with Crippen LogP contribution in [0.3, 0.4) is 0 Å². The molecular weight excluding hydrogens is 290 g/mol. The molecule has 4 nitrogen and oxygen atoms in total. The largest absolute Gasteiger partial charge is 0.490 e. The molecule has 2 aromatic rings. The lowest BCUT2D eigenvalue weighted by atomic mass is 9.78. The van der Waals surface area contributed by atoms with Gasteiger partial charge in [-0.25, -0.2) is 0 Å². The van der Waals surface area contributed by atoms with Crippen LogP contribution in [0.25, 0.3) is 0 Å². The Bertz CT molecular complexity index is 721. The Hall–Kier alpha value is -2.07. The SMILES string of the molecule is COc1coc(CN2C[C@H](c3ccccc3)C(C)(C)C2)cc1=O. The summed E-state index contributed by atoms with van der Waals surface area (Å²) < 4.78 is 10.5. The van der Waals surface area contributed by atoms with Gasteiger partial charge in [-0.2, -0.15) is 0 Å². The first-order valence-corrected chi connectivity index (χ1v) is 7.92. The van der Waals surface area contributed by atoms with Crippen molar-refractivity contribution in [2.24, 2.45) is 5.41 Å². The lowest BCUT2D eigenvalue weighted by Gasteiger charge is -2.26. The Morgan fingerprint density at radius 2 is 2.04 bits per heavy atom. The van der Waals surface area contributed by atoms with Crippen molar-refractivity contribution in [1.29, 1.82) is 0 Å². The molecule has 122 valence electrons. The quantitative estimate of drug-likeness (QED) is 0.869. The van der Waals surface area contributed by atoms with Gasteiger partial charge in [-0.15, -0.1) is 0 Å². The number of benzene rings is 1. The lowest BCUT2D eigenvalue weighted by Crippen LogP contribution is -2.23. The molecule has 1 atom stereocenters. The Labute approximate surface area is 136 Å². The van der Waals surface area contributed by atoms with Crippen molar-refractivity contribution in [3.63, 3.8) is 0 Å². The van der Waals surface area contributed by atoms with Gasteiger partial charge in [-0.05, 0) is 11.0 Å². The van der Waals surface area contributed by atoms with Crippen molar-refractivity contribution < 1.29 is 9.15 Å². The van der Waals surface area contributed by atoms with E-state index in [-0.39, 0.29) is 16.6 Å². The van der Waals surface area contributed by atoms with Crippen molar-refractivity contribution in [2.75, 3.05) is 20.2 Å². The minimum absolute atomic E-state index is 0.133. The van der Waals surface area contributed by atoms with E-state index in [1.54, 1.807) is 0 Å². The molecule has 1 aliphatic rings. The molecule has 1 aliphatic heterocycles. The van der Waals surface area contributed by atoms with E-state index in [2.05, 4.69) is 49.1 Å². The summed E-state index contributed by atoms with van der Waals surface area (Å²) in [6, 6.07) is 12.2. The summed E-state index contributed by atoms with van der Waals surface area (Å²) in [5, 5.41) is 0. The summed E-state index contributed by atoms with van der Waals surface area (Å²) in [7, 11) is 1.47. The fourth-order valence-corrected chi connectivity index (χ4v) is 3.51. The van der Waals surface area contributed by atoms with Crippen LogP contribution < -0.4 is 10.2 Å². The number of hydrogen-bond acceptors (Lipinski definition) is 4. The maximum atomic E-state index is 11.9. The third-order valence-corrected chi connectivity index (χ3v) is 4.67. The second kappa shape index (κ2) is 6.20. The summed E-state index contributed by atoms with van der Waals surface area (Å²) in [4.78, 5) is 14.2. The molecule has 0 N–H and O–H groups in total. The lowest BCUT2D eigenvalue weighted by molar-refractivity contribution is 0.257. The highest BCUT2D eigenvalue weighted by Gasteiger charge is 2.40. The van der Waals surface area contributed by atoms with Gasteiger partial charge in [0.1, 0.15) is 12.0 Å². The van der Waals surface area contributed by atoms with E-state index in [1.807, 2.05) is 0 Å². The molecule has 1 fully saturated rings. The molecule has 0 bridgehead atoms. The summed E-state index contributed by atoms with van der Waals surface area (Å²) in [6.07, 6.45) is 1.40. The van der Waals surface area contributed by atoms with E-state index < -0.39 is 0 Å². The third-order valence-electron chi connectivity index (χ3n) is 4.67. The Kier molecular flexibility index (Phi) is 4.26. The second-order valence-corrected chi connectivity index (χ2v) is 6.90. The maximum absolute atomic E-state index is 11.9. The highest BCUT2D eigenvalue weighted by atomic mass is 16.5. The molecule has 2 heterocycles. The van der Waals surface area contributed by atoms with Crippen LogP contribution in [0.15, 0.2) is 51.9 Å². The Balaban J connectivity index is 1.76. The fraction of sp³-hybridized carbons (Fsp3) is 0.421. The van der Waals surface area contributed by atoms with Crippen LogP contribution in [0.4, 0.5) is 0 Å². The molecule has 1 aromatic carbocycles. The molecule has 0 amide bonds. The summed E-state index contributed by atoms with van der Waals surface area (Å²) in [6.45, 7) is 7.19. The van der Waals surface area contributed by atoms with E-state index in [1.165, 1.54) is 25.0 Å². The van der Waals surface area contributed by atoms with Gasteiger partial charge in [0.25, 0.3) is 0 Å². The zero-order chi connectivity index (χ0) is 16.4. The van der Waals surface area contributed by atoms with E-state index in [9.17, 15) is 4.79 Å². The van der Waals surface area contributed by atoms with Crippen molar-refractivity contribution >= 4 is 0 Å². The fourth-order valence-electron chi connectivity index (χ4n) is 3.51. The number of methoxy groups -OCH3 is 1. The minimum atomic E-state index is -0.133. The Morgan fingerprint density at radius 1 is 1.30 bits per heavy atom. The number of ether oxygens (including phenoxy) is 1. The summed E-state index contributed by atoms with van der Waals surface area (Å²) in [5.41, 5.74) is 1.43. The van der Waals surface area contributed by atoms with Gasteiger partial charge in [-0.3, -0.25) is 9.69 Å². The van der Waals surface area contributed by atoms with Crippen LogP contribution in [0.5, 0.6) is 5.75 Å². The van der Waals surface area contributed by atoms with E-state index in [4.69, 9.17) is 9.15 Å². The highest BCUT2D eigenvalue weighted by Crippen LogP contribution is 2.42. The molecule has 1 saturated heterocycles. The van der Waals surface area contributed by atoms with Gasteiger partial charge >= 0.3 is 0 Å². The molecule has 0 unspecified atom stereocenters. The average Bonchev–Trinajstić information content (AvgIpc) is 2.82. The monoisotopic (exact) mass is 313 g/mol. The van der Waals surface area contributed by atoms with Crippen molar-refractivity contribution in [2.45, 2.75) is 26.3 Å². The van der Waals surface area contributed by atoms with Crippen LogP contribution in [-0.4, -0.2) is 25.1 Å². The van der Waals surface area contributed by atoms with Gasteiger partial charge in [0.15, 0.2) is 0 Å². The molecule has 1 aromatic heterocycles. The zero-order valence-electron chi connectivity index (χ0n) is 13.9. The Morgan fingerprint density at radius 3 is 2.70 bits per heavy atom.